The molecule has 4 nitrogen and oxygen atoms in total. The van der Waals surface area contributed by atoms with E-state index >= 15 is 0 Å². The van der Waals surface area contributed by atoms with E-state index in [1.165, 1.54) is 17.3 Å². The minimum atomic E-state index is -0.766. The van der Waals surface area contributed by atoms with Crippen molar-refractivity contribution in [3.63, 3.8) is 0 Å². The maximum Gasteiger partial charge on any atom is 0.313 e. The van der Waals surface area contributed by atoms with Crippen LogP contribution in [0.4, 0.5) is 0 Å². The van der Waals surface area contributed by atoms with Crippen LogP contribution in [0.25, 0.3) is 0 Å². The Morgan fingerprint density at radius 3 is 2.88 bits per heavy atom. The third kappa shape index (κ3) is 5.78. The smallest absolute Gasteiger partial charge is 0.313 e. The molecule has 0 saturated heterocycles. The minimum absolute atomic E-state index is 0.154. The fraction of sp³-hybridized carbons (Fsp3) is 0.750. The lowest BCUT2D eigenvalue weighted by Gasteiger charge is -2.19. The first-order valence-electron chi connectivity index (χ1n) is 9.48. The van der Waals surface area contributed by atoms with Crippen molar-refractivity contribution in [1.29, 1.82) is 0 Å². The highest BCUT2D eigenvalue weighted by atomic mass is 32.2. The third-order valence-electron chi connectivity index (χ3n) is 5.71. The van der Waals surface area contributed by atoms with Crippen LogP contribution in [-0.2, 0) is 4.79 Å². The van der Waals surface area contributed by atoms with Crippen molar-refractivity contribution in [1.82, 2.24) is 0 Å². The molecule has 0 aromatic heterocycles. The number of hydrogen-bond acceptors (Lipinski definition) is 4. The summed E-state index contributed by atoms with van der Waals surface area (Å²) in [5, 5.41) is 29.6. The van der Waals surface area contributed by atoms with Crippen LogP contribution in [0, 0.1) is 23.7 Å². The van der Waals surface area contributed by atoms with E-state index in [0.29, 0.717) is 17.6 Å². The van der Waals surface area contributed by atoms with E-state index in [-0.39, 0.29) is 17.6 Å². The van der Waals surface area contributed by atoms with Gasteiger partial charge in [0.25, 0.3) is 0 Å². The van der Waals surface area contributed by atoms with Crippen molar-refractivity contribution < 1.29 is 20.1 Å². The number of thioether (sulfide) groups is 1. The number of rotatable bonds is 10. The lowest BCUT2D eigenvalue weighted by Crippen LogP contribution is -2.20. The van der Waals surface area contributed by atoms with Crippen LogP contribution in [0.1, 0.15) is 52.4 Å². The molecule has 0 bridgehead atoms. The zero-order valence-electron chi connectivity index (χ0n) is 15.4. The highest BCUT2D eigenvalue weighted by Gasteiger charge is 2.46. The summed E-state index contributed by atoms with van der Waals surface area (Å²) in [5.41, 5.74) is 1.36. The summed E-state index contributed by atoms with van der Waals surface area (Å²) >= 11 is 1.45. The van der Waals surface area contributed by atoms with Gasteiger partial charge < -0.3 is 15.3 Å². The van der Waals surface area contributed by atoms with Crippen molar-refractivity contribution in [2.45, 2.75) is 58.5 Å². The van der Waals surface area contributed by atoms with Crippen molar-refractivity contribution in [3.05, 3.63) is 23.5 Å². The number of hydrogen-bond donors (Lipinski definition) is 3. The maximum absolute atomic E-state index is 10.6. The van der Waals surface area contributed by atoms with Gasteiger partial charge in [0, 0.05) is 5.92 Å². The largest absolute Gasteiger partial charge is 0.512 e. The van der Waals surface area contributed by atoms with Crippen molar-refractivity contribution in [3.8, 4) is 0 Å². The van der Waals surface area contributed by atoms with E-state index in [4.69, 9.17) is 5.11 Å². The Balaban J connectivity index is 1.89. The second-order valence-corrected chi connectivity index (χ2v) is 8.72. The molecule has 0 heterocycles. The van der Waals surface area contributed by atoms with Crippen LogP contribution in [-0.4, -0.2) is 38.9 Å². The van der Waals surface area contributed by atoms with Crippen LogP contribution in [0.5, 0.6) is 0 Å². The number of carboxylic acids is 1. The number of aliphatic hydroxyl groups is 2. The average Bonchev–Trinajstić information content (AvgIpc) is 3.06. The highest BCUT2D eigenvalue weighted by molar-refractivity contribution is 7.99. The fourth-order valence-corrected chi connectivity index (χ4v) is 4.82. The number of allylic oxidation sites excluding steroid dienone is 3. The molecule has 2 aliphatic carbocycles. The molecule has 142 valence electrons. The van der Waals surface area contributed by atoms with Gasteiger partial charge in [0.15, 0.2) is 0 Å². The summed E-state index contributed by atoms with van der Waals surface area (Å²) in [6.07, 6.45) is 9.43. The van der Waals surface area contributed by atoms with Crippen molar-refractivity contribution >= 4 is 17.7 Å². The predicted molar refractivity (Wildman–Crippen MR) is 103 cm³/mol. The Hall–Kier alpha value is -0.940. The summed E-state index contributed by atoms with van der Waals surface area (Å²) in [4.78, 5) is 10.6. The first-order valence-corrected chi connectivity index (χ1v) is 10.6. The molecule has 1 fully saturated rings. The molecule has 0 spiro atoms. The molecule has 0 aromatic rings. The fourth-order valence-electron chi connectivity index (χ4n) is 4.10. The van der Waals surface area contributed by atoms with Gasteiger partial charge in [0.2, 0.25) is 0 Å². The molecule has 1 saturated carbocycles. The maximum atomic E-state index is 10.6. The number of aliphatic hydroxyl groups excluding tert-OH is 2. The first kappa shape index (κ1) is 20.4. The SMILES string of the molecule is CCC(C)CCC=C(O)[C@H]1[C@@H]2C=C(CCSCC(=O)O)C[C@@H]2C[C@@H]1O. The van der Waals surface area contributed by atoms with Gasteiger partial charge in [-0.25, -0.2) is 0 Å². The molecule has 0 amide bonds. The molecular formula is C20H32O4S. The number of aliphatic carboxylic acids is 1. The summed E-state index contributed by atoms with van der Waals surface area (Å²) in [5.74, 6) is 1.72. The molecule has 5 atom stereocenters. The quantitative estimate of drug-likeness (QED) is 0.302. The van der Waals surface area contributed by atoms with Gasteiger partial charge in [-0.05, 0) is 61.7 Å². The molecule has 2 aliphatic rings. The monoisotopic (exact) mass is 368 g/mol. The Morgan fingerprint density at radius 1 is 1.44 bits per heavy atom. The molecule has 5 heteroatoms. The Morgan fingerprint density at radius 2 is 2.20 bits per heavy atom. The third-order valence-corrected chi connectivity index (χ3v) is 6.66. The van der Waals surface area contributed by atoms with Gasteiger partial charge in [0.1, 0.15) is 0 Å². The Labute approximate surface area is 155 Å². The lowest BCUT2D eigenvalue weighted by atomic mass is 9.89. The number of carboxylic acid groups (broad SMARTS) is 1. The molecule has 3 N–H and O–H groups in total. The predicted octanol–water partition coefficient (Wildman–Crippen LogP) is 4.41. The summed E-state index contributed by atoms with van der Waals surface area (Å²) in [6.45, 7) is 4.40. The van der Waals surface area contributed by atoms with Gasteiger partial charge in [0.05, 0.1) is 17.6 Å². The lowest BCUT2D eigenvalue weighted by molar-refractivity contribution is -0.133. The van der Waals surface area contributed by atoms with Gasteiger partial charge in [-0.15, -0.1) is 11.8 Å². The molecular weight excluding hydrogens is 336 g/mol. The summed E-state index contributed by atoms with van der Waals surface area (Å²) in [6, 6.07) is 0. The van der Waals surface area contributed by atoms with Crippen LogP contribution >= 0.6 is 11.8 Å². The van der Waals surface area contributed by atoms with Crippen LogP contribution in [0.3, 0.4) is 0 Å². The highest BCUT2D eigenvalue weighted by Crippen LogP contribution is 2.49. The molecule has 25 heavy (non-hydrogen) atoms. The van der Waals surface area contributed by atoms with Crippen LogP contribution in [0.2, 0.25) is 0 Å². The van der Waals surface area contributed by atoms with Crippen LogP contribution < -0.4 is 0 Å². The Kier molecular flexibility index (Phi) is 7.88. The zero-order valence-corrected chi connectivity index (χ0v) is 16.2. The van der Waals surface area contributed by atoms with Gasteiger partial charge in [-0.3, -0.25) is 4.79 Å². The Bertz CT molecular complexity index is 514. The van der Waals surface area contributed by atoms with Crippen LogP contribution in [0.15, 0.2) is 23.5 Å². The normalized spacial score (nSPS) is 30.2. The van der Waals surface area contributed by atoms with Gasteiger partial charge in [-0.1, -0.05) is 31.9 Å². The first-order chi connectivity index (χ1) is 11.9. The minimum Gasteiger partial charge on any atom is -0.512 e. The molecule has 0 aliphatic heterocycles. The van der Waals surface area contributed by atoms with E-state index in [1.54, 1.807) is 0 Å². The van der Waals surface area contributed by atoms with Crippen molar-refractivity contribution in [2.75, 3.05) is 11.5 Å². The van der Waals surface area contributed by atoms with Gasteiger partial charge >= 0.3 is 5.97 Å². The second kappa shape index (κ2) is 9.67. The summed E-state index contributed by atoms with van der Waals surface area (Å²) in [7, 11) is 0. The number of fused-ring (bicyclic) bond motifs is 1. The summed E-state index contributed by atoms with van der Waals surface area (Å²) < 4.78 is 0. The standard InChI is InChI=1S/C20H32O4S/c1-3-13(2)5-4-6-17(21)20-16-10-14(7-8-25-12-19(23)24)9-15(16)11-18(20)22/h6,10,13,15-16,18,20-22H,3-5,7-9,11-12H2,1-2H3,(H,23,24)/t13?,15-,16-,18+,20-/m1/s1. The van der Waals surface area contributed by atoms with Gasteiger partial charge in [-0.2, -0.15) is 0 Å². The number of carbonyl (C=O) groups is 1. The molecule has 1 unspecified atom stereocenters. The molecule has 0 aromatic carbocycles. The second-order valence-electron chi connectivity index (χ2n) is 7.61. The van der Waals surface area contributed by atoms with E-state index in [1.807, 2.05) is 6.08 Å². The molecule has 2 rings (SSSR count). The van der Waals surface area contributed by atoms with E-state index in [9.17, 15) is 15.0 Å². The van der Waals surface area contributed by atoms with Crippen molar-refractivity contribution in [2.24, 2.45) is 23.7 Å². The zero-order chi connectivity index (χ0) is 18.4. The van der Waals surface area contributed by atoms with E-state index in [0.717, 1.165) is 44.3 Å². The average molecular weight is 369 g/mol. The molecule has 0 radical (unpaired) electrons. The van der Waals surface area contributed by atoms with E-state index in [2.05, 4.69) is 19.9 Å². The topological polar surface area (TPSA) is 77.8 Å². The van der Waals surface area contributed by atoms with E-state index < -0.39 is 12.1 Å².